The van der Waals surface area contributed by atoms with Crippen LogP contribution in [0.5, 0.6) is 0 Å². The molecule has 0 bridgehead atoms. The minimum absolute atomic E-state index is 0.469. The fraction of sp³-hybridized carbons (Fsp3) is 0.259. The lowest BCUT2D eigenvalue weighted by Gasteiger charge is -2.19. The Bertz CT molecular complexity index is 949. The lowest BCUT2D eigenvalue weighted by molar-refractivity contribution is 0.597. The fourth-order valence-electron chi connectivity index (χ4n) is 4.15. The molecule has 0 amide bonds. The molecule has 0 unspecified atom stereocenters. The maximum Gasteiger partial charge on any atom is 0.00897 e. The maximum atomic E-state index is 2.40. The van der Waals surface area contributed by atoms with Crippen LogP contribution in [-0.2, 0) is 0 Å². The highest BCUT2D eigenvalue weighted by molar-refractivity contribution is 5.84. The minimum Gasteiger partial charge on any atom is -0.0654 e. The van der Waals surface area contributed by atoms with Crippen molar-refractivity contribution in [3.63, 3.8) is 0 Å². The van der Waals surface area contributed by atoms with Gasteiger partial charge in [0.15, 0.2) is 0 Å². The third-order valence-electron chi connectivity index (χ3n) is 5.70. The number of rotatable bonds is 7. The molecule has 0 spiro atoms. The van der Waals surface area contributed by atoms with Crippen molar-refractivity contribution in [3.8, 4) is 0 Å². The van der Waals surface area contributed by atoms with Crippen molar-refractivity contribution in [2.24, 2.45) is 0 Å². The first-order valence-corrected chi connectivity index (χ1v) is 10.3. The van der Waals surface area contributed by atoms with Gasteiger partial charge in [0.05, 0.1) is 0 Å². The van der Waals surface area contributed by atoms with E-state index < -0.39 is 0 Å². The summed E-state index contributed by atoms with van der Waals surface area (Å²) in [6.07, 6.45) is 6.46. The molecule has 0 radical (unpaired) electrons. The van der Waals surface area contributed by atoms with E-state index in [1.807, 2.05) is 0 Å². The van der Waals surface area contributed by atoms with E-state index in [-0.39, 0.29) is 0 Å². The van der Waals surface area contributed by atoms with Crippen molar-refractivity contribution in [1.29, 1.82) is 0 Å². The van der Waals surface area contributed by atoms with Crippen LogP contribution in [0, 0.1) is 0 Å². The van der Waals surface area contributed by atoms with Crippen LogP contribution in [0.25, 0.3) is 21.5 Å². The van der Waals surface area contributed by atoms with Crippen molar-refractivity contribution in [3.05, 3.63) is 96.1 Å². The molecule has 4 rings (SSSR count). The van der Waals surface area contributed by atoms with Crippen molar-refractivity contribution in [2.45, 2.75) is 44.9 Å². The monoisotopic (exact) mass is 352 g/mol. The molecule has 0 aliphatic rings. The SMILES string of the molecule is CCCCCCC(c1ccc2ccccc2c1)c1ccc2ccccc2c1. The molecule has 0 heteroatoms. The quantitative estimate of drug-likeness (QED) is 0.295. The Kier molecular flexibility index (Phi) is 5.53. The number of unbranched alkanes of at least 4 members (excludes halogenated alkanes) is 3. The first-order valence-electron chi connectivity index (χ1n) is 10.3. The topological polar surface area (TPSA) is 0 Å². The van der Waals surface area contributed by atoms with Crippen molar-refractivity contribution in [1.82, 2.24) is 0 Å². The molecule has 0 saturated carbocycles. The molecule has 4 aromatic carbocycles. The van der Waals surface area contributed by atoms with E-state index in [4.69, 9.17) is 0 Å². The summed E-state index contributed by atoms with van der Waals surface area (Å²) in [5, 5.41) is 5.33. The van der Waals surface area contributed by atoms with Gasteiger partial charge in [-0.05, 0) is 39.1 Å². The molecule has 0 nitrogen and oxygen atoms in total. The van der Waals surface area contributed by atoms with Gasteiger partial charge in [-0.15, -0.1) is 0 Å². The van der Waals surface area contributed by atoms with Crippen LogP contribution < -0.4 is 0 Å². The zero-order valence-corrected chi connectivity index (χ0v) is 16.2. The van der Waals surface area contributed by atoms with E-state index in [0.717, 1.165) is 0 Å². The second kappa shape index (κ2) is 8.39. The maximum absolute atomic E-state index is 2.40. The Morgan fingerprint density at radius 1 is 0.556 bits per heavy atom. The second-order valence-corrected chi connectivity index (χ2v) is 7.62. The molecule has 136 valence electrons. The summed E-state index contributed by atoms with van der Waals surface area (Å²) in [7, 11) is 0. The van der Waals surface area contributed by atoms with Gasteiger partial charge in [-0.25, -0.2) is 0 Å². The number of hydrogen-bond acceptors (Lipinski definition) is 0. The highest BCUT2D eigenvalue weighted by Gasteiger charge is 2.15. The molecule has 0 fully saturated rings. The fourth-order valence-corrected chi connectivity index (χ4v) is 4.15. The molecule has 0 heterocycles. The average Bonchev–Trinajstić information content (AvgIpc) is 2.73. The molecule has 0 aliphatic carbocycles. The second-order valence-electron chi connectivity index (χ2n) is 7.62. The molecule has 0 N–H and O–H groups in total. The van der Waals surface area contributed by atoms with Crippen LogP contribution in [0.2, 0.25) is 0 Å². The van der Waals surface area contributed by atoms with E-state index in [1.165, 1.54) is 64.8 Å². The molecule has 27 heavy (non-hydrogen) atoms. The van der Waals surface area contributed by atoms with Gasteiger partial charge in [0.2, 0.25) is 0 Å². The average molecular weight is 353 g/mol. The van der Waals surface area contributed by atoms with Gasteiger partial charge in [-0.1, -0.05) is 118 Å². The Morgan fingerprint density at radius 2 is 1.07 bits per heavy atom. The van der Waals surface area contributed by atoms with E-state index in [1.54, 1.807) is 0 Å². The highest BCUT2D eigenvalue weighted by Crippen LogP contribution is 2.33. The summed E-state index contributed by atoms with van der Waals surface area (Å²) in [6, 6.07) is 31.4. The smallest absolute Gasteiger partial charge is 0.00897 e. The van der Waals surface area contributed by atoms with E-state index in [9.17, 15) is 0 Å². The van der Waals surface area contributed by atoms with Gasteiger partial charge in [0, 0.05) is 5.92 Å². The third kappa shape index (κ3) is 4.06. The van der Waals surface area contributed by atoms with E-state index >= 15 is 0 Å². The first-order chi connectivity index (χ1) is 13.3. The standard InChI is InChI=1S/C27H28/c1-2-3-4-5-14-27(25-17-15-21-10-6-8-12-23(21)19-25)26-18-16-22-11-7-9-13-24(22)20-26/h6-13,15-20,27H,2-5,14H2,1H3. The zero-order chi connectivity index (χ0) is 18.5. The van der Waals surface area contributed by atoms with Gasteiger partial charge in [-0.3, -0.25) is 0 Å². The van der Waals surface area contributed by atoms with Crippen molar-refractivity contribution in [2.75, 3.05) is 0 Å². The van der Waals surface area contributed by atoms with Gasteiger partial charge in [0.25, 0.3) is 0 Å². The molecule has 0 atom stereocenters. The zero-order valence-electron chi connectivity index (χ0n) is 16.2. The molecule has 0 aromatic heterocycles. The predicted molar refractivity (Wildman–Crippen MR) is 118 cm³/mol. The molecule has 4 aromatic rings. The normalized spacial score (nSPS) is 11.5. The van der Waals surface area contributed by atoms with Crippen molar-refractivity contribution >= 4 is 21.5 Å². The number of benzene rings is 4. The summed E-state index contributed by atoms with van der Waals surface area (Å²) in [5.74, 6) is 0.469. The Balaban J connectivity index is 1.72. The summed E-state index contributed by atoms with van der Waals surface area (Å²) in [5.41, 5.74) is 2.89. The van der Waals surface area contributed by atoms with Crippen LogP contribution in [0.1, 0.15) is 56.1 Å². The first kappa shape index (κ1) is 17.8. The molecule has 0 saturated heterocycles. The van der Waals surface area contributed by atoms with Gasteiger partial charge >= 0.3 is 0 Å². The van der Waals surface area contributed by atoms with Gasteiger partial charge < -0.3 is 0 Å². The molecular weight excluding hydrogens is 324 g/mol. The largest absolute Gasteiger partial charge is 0.0654 e. The summed E-state index contributed by atoms with van der Waals surface area (Å²) < 4.78 is 0. The number of fused-ring (bicyclic) bond motifs is 2. The minimum atomic E-state index is 0.469. The number of hydrogen-bond donors (Lipinski definition) is 0. The van der Waals surface area contributed by atoms with Crippen LogP contribution in [0.3, 0.4) is 0 Å². The van der Waals surface area contributed by atoms with Crippen LogP contribution in [0.4, 0.5) is 0 Å². The Hall–Kier alpha value is -2.60. The molecule has 0 aliphatic heterocycles. The Labute approximate surface area is 162 Å². The predicted octanol–water partition coefficient (Wildman–Crippen LogP) is 8.10. The van der Waals surface area contributed by atoms with Gasteiger partial charge in [0.1, 0.15) is 0 Å². The van der Waals surface area contributed by atoms with Crippen LogP contribution >= 0.6 is 0 Å². The highest BCUT2D eigenvalue weighted by atomic mass is 14.2. The lowest BCUT2D eigenvalue weighted by atomic mass is 9.85. The Morgan fingerprint density at radius 3 is 1.59 bits per heavy atom. The third-order valence-corrected chi connectivity index (χ3v) is 5.70. The molecular formula is C27H28. The van der Waals surface area contributed by atoms with Crippen molar-refractivity contribution < 1.29 is 0 Å². The van der Waals surface area contributed by atoms with Crippen LogP contribution in [-0.4, -0.2) is 0 Å². The van der Waals surface area contributed by atoms with Crippen LogP contribution in [0.15, 0.2) is 84.9 Å². The summed E-state index contributed by atoms with van der Waals surface area (Å²) >= 11 is 0. The summed E-state index contributed by atoms with van der Waals surface area (Å²) in [4.78, 5) is 0. The van der Waals surface area contributed by atoms with E-state index in [0.29, 0.717) is 5.92 Å². The summed E-state index contributed by atoms with van der Waals surface area (Å²) in [6.45, 7) is 2.28. The van der Waals surface area contributed by atoms with E-state index in [2.05, 4.69) is 91.9 Å². The lowest BCUT2D eigenvalue weighted by Crippen LogP contribution is -2.02. The van der Waals surface area contributed by atoms with Gasteiger partial charge in [-0.2, -0.15) is 0 Å².